The fourth-order valence-electron chi connectivity index (χ4n) is 3.31. The summed E-state index contributed by atoms with van der Waals surface area (Å²) >= 11 is 3.32. The standard InChI is InChI=1S/C18H19BrO5/c1-11-4-7-13(18(11,16(21)23-2)17(22)24-3)10-15(20)12-5-8-14(19)9-6-12/h5-6,8-9,13H,1,4,7,10H2,2-3H3. The third-order valence-corrected chi connectivity index (χ3v) is 5.11. The van der Waals surface area contributed by atoms with Gasteiger partial charge in [0.15, 0.2) is 11.2 Å². The van der Waals surface area contributed by atoms with E-state index in [1.165, 1.54) is 14.2 Å². The largest absolute Gasteiger partial charge is 0.468 e. The van der Waals surface area contributed by atoms with Gasteiger partial charge in [-0.2, -0.15) is 0 Å². The number of methoxy groups -OCH3 is 2. The third kappa shape index (κ3) is 3.02. The molecule has 1 unspecified atom stereocenters. The Bertz CT molecular complexity index is 661. The second kappa shape index (κ2) is 7.30. The molecule has 0 saturated heterocycles. The maximum Gasteiger partial charge on any atom is 0.327 e. The van der Waals surface area contributed by atoms with Crippen LogP contribution in [-0.4, -0.2) is 31.9 Å². The minimum atomic E-state index is -1.60. The van der Waals surface area contributed by atoms with Gasteiger partial charge in [-0.05, 0) is 36.5 Å². The molecule has 0 heterocycles. The molecule has 1 saturated carbocycles. The monoisotopic (exact) mass is 394 g/mol. The molecule has 128 valence electrons. The first-order chi connectivity index (χ1) is 11.4. The number of rotatable bonds is 5. The minimum Gasteiger partial charge on any atom is -0.468 e. The van der Waals surface area contributed by atoms with E-state index in [0.717, 1.165) is 4.47 Å². The van der Waals surface area contributed by atoms with Gasteiger partial charge < -0.3 is 9.47 Å². The van der Waals surface area contributed by atoms with Crippen LogP contribution in [0, 0.1) is 11.3 Å². The van der Waals surface area contributed by atoms with E-state index in [9.17, 15) is 14.4 Å². The van der Waals surface area contributed by atoms with Crippen LogP contribution in [0.4, 0.5) is 0 Å². The average Bonchev–Trinajstić information content (AvgIpc) is 2.91. The molecule has 24 heavy (non-hydrogen) atoms. The zero-order valence-electron chi connectivity index (χ0n) is 13.6. The van der Waals surface area contributed by atoms with Gasteiger partial charge in [-0.1, -0.05) is 34.6 Å². The predicted octanol–water partition coefficient (Wildman–Crippen LogP) is 3.32. The van der Waals surface area contributed by atoms with Crippen LogP contribution >= 0.6 is 15.9 Å². The summed E-state index contributed by atoms with van der Waals surface area (Å²) in [6, 6.07) is 6.95. The molecule has 2 rings (SSSR count). The molecule has 0 aliphatic heterocycles. The Balaban J connectivity index is 2.34. The lowest BCUT2D eigenvalue weighted by molar-refractivity contribution is -0.168. The molecule has 0 radical (unpaired) electrons. The van der Waals surface area contributed by atoms with Gasteiger partial charge in [0.05, 0.1) is 14.2 Å². The Kier molecular flexibility index (Phi) is 5.59. The molecule has 1 atom stereocenters. The molecule has 0 N–H and O–H groups in total. The van der Waals surface area contributed by atoms with Crippen molar-refractivity contribution in [3.8, 4) is 0 Å². The topological polar surface area (TPSA) is 69.7 Å². The third-order valence-electron chi connectivity index (χ3n) is 4.58. The minimum absolute atomic E-state index is 0.0465. The summed E-state index contributed by atoms with van der Waals surface area (Å²) in [6.45, 7) is 3.87. The molecule has 0 aromatic heterocycles. The highest BCUT2D eigenvalue weighted by atomic mass is 79.9. The van der Waals surface area contributed by atoms with Crippen LogP contribution in [0.3, 0.4) is 0 Å². The second-order valence-electron chi connectivity index (χ2n) is 5.76. The normalized spacial score (nSPS) is 19.0. The van der Waals surface area contributed by atoms with E-state index in [-0.39, 0.29) is 12.2 Å². The van der Waals surface area contributed by atoms with Crippen molar-refractivity contribution in [2.75, 3.05) is 14.2 Å². The predicted molar refractivity (Wildman–Crippen MR) is 91.4 cm³/mol. The van der Waals surface area contributed by atoms with Crippen molar-refractivity contribution in [3.05, 3.63) is 46.5 Å². The number of Topliss-reactive ketones (excluding diaryl/α,β-unsaturated/α-hetero) is 1. The van der Waals surface area contributed by atoms with Crippen LogP contribution in [0.2, 0.25) is 0 Å². The summed E-state index contributed by atoms with van der Waals surface area (Å²) in [5.41, 5.74) is -0.636. The first-order valence-electron chi connectivity index (χ1n) is 7.51. The number of carbonyl (C=O) groups is 3. The molecule has 0 amide bonds. The Morgan fingerprint density at radius 1 is 1.17 bits per heavy atom. The highest BCUT2D eigenvalue weighted by Gasteiger charge is 2.59. The highest BCUT2D eigenvalue weighted by molar-refractivity contribution is 9.10. The lowest BCUT2D eigenvalue weighted by Gasteiger charge is -2.30. The maximum absolute atomic E-state index is 12.6. The fraction of sp³-hybridized carbons (Fsp3) is 0.389. The number of benzene rings is 1. The molecule has 1 aromatic carbocycles. The Labute approximate surface area is 149 Å². The van der Waals surface area contributed by atoms with Crippen molar-refractivity contribution < 1.29 is 23.9 Å². The van der Waals surface area contributed by atoms with Crippen LogP contribution in [0.15, 0.2) is 40.9 Å². The summed E-state index contributed by atoms with van der Waals surface area (Å²) in [7, 11) is 2.43. The molecule has 0 bridgehead atoms. The zero-order valence-corrected chi connectivity index (χ0v) is 15.2. The summed E-state index contributed by atoms with van der Waals surface area (Å²) in [4.78, 5) is 37.4. The molecule has 1 aliphatic rings. The van der Waals surface area contributed by atoms with Gasteiger partial charge in [0.1, 0.15) is 0 Å². The van der Waals surface area contributed by atoms with Gasteiger partial charge in [-0.25, -0.2) is 0 Å². The van der Waals surface area contributed by atoms with Gasteiger partial charge in [0, 0.05) is 16.5 Å². The van der Waals surface area contributed by atoms with Crippen molar-refractivity contribution in [2.24, 2.45) is 11.3 Å². The molecule has 0 spiro atoms. The number of halogens is 1. The van der Waals surface area contributed by atoms with Crippen molar-refractivity contribution in [2.45, 2.75) is 19.3 Å². The first-order valence-corrected chi connectivity index (χ1v) is 8.31. The number of esters is 2. The molecule has 1 aliphatic carbocycles. The van der Waals surface area contributed by atoms with Crippen molar-refractivity contribution in [1.82, 2.24) is 0 Å². The molecular weight excluding hydrogens is 376 g/mol. The van der Waals surface area contributed by atoms with Crippen LogP contribution in [0.25, 0.3) is 0 Å². The second-order valence-corrected chi connectivity index (χ2v) is 6.68. The van der Waals surface area contributed by atoms with E-state index >= 15 is 0 Å². The smallest absolute Gasteiger partial charge is 0.327 e. The molecule has 6 heteroatoms. The summed E-state index contributed by atoms with van der Waals surface area (Å²) < 4.78 is 10.6. The quantitative estimate of drug-likeness (QED) is 0.331. The summed E-state index contributed by atoms with van der Waals surface area (Å²) in [6.07, 6.45) is 1.03. The lowest BCUT2D eigenvalue weighted by Crippen LogP contribution is -2.45. The molecule has 1 fully saturated rings. The number of ketones is 1. The molecule has 5 nitrogen and oxygen atoms in total. The number of carbonyl (C=O) groups excluding carboxylic acids is 3. The van der Waals surface area contributed by atoms with Crippen molar-refractivity contribution >= 4 is 33.7 Å². The van der Waals surface area contributed by atoms with E-state index in [2.05, 4.69) is 22.5 Å². The van der Waals surface area contributed by atoms with Crippen LogP contribution in [0.1, 0.15) is 29.6 Å². The lowest BCUT2D eigenvalue weighted by atomic mass is 9.73. The van der Waals surface area contributed by atoms with E-state index < -0.39 is 23.3 Å². The zero-order chi connectivity index (χ0) is 17.9. The Morgan fingerprint density at radius 2 is 1.71 bits per heavy atom. The number of ether oxygens (including phenoxy) is 2. The van der Waals surface area contributed by atoms with Gasteiger partial charge >= 0.3 is 11.9 Å². The maximum atomic E-state index is 12.6. The SMILES string of the molecule is C=C1CCC(CC(=O)c2ccc(Br)cc2)C1(C(=O)OC)C(=O)OC. The number of hydrogen-bond acceptors (Lipinski definition) is 5. The van der Waals surface area contributed by atoms with Gasteiger partial charge in [-0.15, -0.1) is 0 Å². The Morgan fingerprint density at radius 3 is 2.21 bits per heavy atom. The summed E-state index contributed by atoms with van der Waals surface area (Å²) in [5, 5.41) is 0. The van der Waals surface area contributed by atoms with E-state index in [1.54, 1.807) is 24.3 Å². The highest BCUT2D eigenvalue weighted by Crippen LogP contribution is 2.50. The first kappa shape index (κ1) is 18.4. The fourth-order valence-corrected chi connectivity index (χ4v) is 3.58. The van der Waals surface area contributed by atoms with Crippen molar-refractivity contribution in [3.63, 3.8) is 0 Å². The van der Waals surface area contributed by atoms with Gasteiger partial charge in [-0.3, -0.25) is 14.4 Å². The molecule has 1 aromatic rings. The van der Waals surface area contributed by atoms with Crippen molar-refractivity contribution in [1.29, 1.82) is 0 Å². The Hall–Kier alpha value is -1.95. The van der Waals surface area contributed by atoms with Crippen LogP contribution < -0.4 is 0 Å². The van der Waals surface area contributed by atoms with E-state index in [0.29, 0.717) is 24.0 Å². The van der Waals surface area contributed by atoms with Crippen LogP contribution in [0.5, 0.6) is 0 Å². The van der Waals surface area contributed by atoms with Crippen LogP contribution in [-0.2, 0) is 19.1 Å². The van der Waals surface area contributed by atoms with Gasteiger partial charge in [0.2, 0.25) is 0 Å². The summed E-state index contributed by atoms with van der Waals surface area (Å²) in [5.74, 6) is -2.10. The van der Waals surface area contributed by atoms with E-state index in [4.69, 9.17) is 9.47 Å². The van der Waals surface area contributed by atoms with E-state index in [1.807, 2.05) is 0 Å². The average molecular weight is 395 g/mol. The molecular formula is C18H19BrO5. The van der Waals surface area contributed by atoms with Gasteiger partial charge in [0.25, 0.3) is 0 Å². The number of hydrogen-bond donors (Lipinski definition) is 0.